The van der Waals surface area contributed by atoms with Crippen molar-refractivity contribution in [1.29, 1.82) is 0 Å². The number of rotatable bonds is 5. The maximum absolute atomic E-state index is 5.95. The van der Waals surface area contributed by atoms with Crippen molar-refractivity contribution in [3.05, 3.63) is 35.6 Å². The van der Waals surface area contributed by atoms with Gasteiger partial charge in [-0.3, -0.25) is 0 Å². The number of hydrogen-bond donors (Lipinski definition) is 1. The zero-order valence-corrected chi connectivity index (χ0v) is 9.83. The van der Waals surface area contributed by atoms with Crippen LogP contribution in [0, 0.1) is 0 Å². The molecule has 1 atom stereocenters. The first-order valence-electron chi connectivity index (χ1n) is 5.41. The predicted molar refractivity (Wildman–Crippen MR) is 65.1 cm³/mol. The highest BCUT2D eigenvalue weighted by molar-refractivity contribution is 6.30. The lowest BCUT2D eigenvalue weighted by molar-refractivity contribution is 0.217. The minimum Gasteiger partial charge on any atom is -0.490 e. The number of allylic oxidation sites excluding steroid dienone is 1. The third kappa shape index (κ3) is 2.74. The van der Waals surface area contributed by atoms with E-state index in [1.165, 1.54) is 6.42 Å². The van der Waals surface area contributed by atoms with Crippen LogP contribution >= 0.6 is 11.6 Å². The number of nitrogens with one attached hydrogen (secondary N) is 1. The normalized spacial score (nSPS) is 18.9. The van der Waals surface area contributed by atoms with Crippen LogP contribution in [0.2, 0.25) is 5.15 Å². The molecule has 2 heterocycles. The number of nitrogens with zero attached hydrogens (tertiary/aromatic N) is 1. The molecule has 2 rings (SSSR count). The average molecular weight is 239 g/mol. The largest absolute Gasteiger partial charge is 0.490 e. The van der Waals surface area contributed by atoms with E-state index in [-0.39, 0.29) is 0 Å². The van der Waals surface area contributed by atoms with Gasteiger partial charge in [-0.1, -0.05) is 17.7 Å². The summed E-state index contributed by atoms with van der Waals surface area (Å²) in [6.45, 7) is 5.47. The van der Waals surface area contributed by atoms with Gasteiger partial charge in [0.05, 0.1) is 6.20 Å². The van der Waals surface area contributed by atoms with Crippen molar-refractivity contribution in [3.63, 3.8) is 0 Å². The first kappa shape index (κ1) is 11.4. The van der Waals surface area contributed by atoms with E-state index in [1.807, 2.05) is 6.07 Å². The molecule has 1 aromatic heterocycles. The van der Waals surface area contributed by atoms with Gasteiger partial charge in [-0.15, -0.1) is 6.58 Å². The first-order valence-corrected chi connectivity index (χ1v) is 5.79. The van der Waals surface area contributed by atoms with Gasteiger partial charge in [0, 0.05) is 6.04 Å². The molecular weight excluding hydrogens is 224 g/mol. The Hall–Kier alpha value is -1.06. The monoisotopic (exact) mass is 238 g/mol. The Morgan fingerprint density at radius 3 is 3.12 bits per heavy atom. The molecule has 86 valence electrons. The van der Waals surface area contributed by atoms with E-state index in [0.717, 1.165) is 17.9 Å². The second-order valence-electron chi connectivity index (χ2n) is 3.86. The summed E-state index contributed by atoms with van der Waals surface area (Å²) in [7, 11) is 0. The van der Waals surface area contributed by atoms with Gasteiger partial charge in [0.1, 0.15) is 17.5 Å². The molecule has 0 amide bonds. The number of halogens is 1. The van der Waals surface area contributed by atoms with Gasteiger partial charge in [0.15, 0.2) is 0 Å². The molecule has 0 spiro atoms. The van der Waals surface area contributed by atoms with E-state index >= 15 is 0 Å². The smallest absolute Gasteiger partial charge is 0.138 e. The van der Waals surface area contributed by atoms with Crippen molar-refractivity contribution in [1.82, 2.24) is 10.3 Å². The lowest BCUT2D eigenvalue weighted by Crippen LogP contribution is -2.46. The molecule has 0 unspecified atom stereocenters. The minimum atomic E-state index is 0.485. The Morgan fingerprint density at radius 2 is 2.50 bits per heavy atom. The first-order chi connectivity index (χ1) is 7.79. The number of ether oxygens (including phenoxy) is 1. The Balaban J connectivity index is 1.97. The molecule has 16 heavy (non-hydrogen) atoms. The van der Waals surface area contributed by atoms with Gasteiger partial charge < -0.3 is 10.1 Å². The number of hydrogen-bond acceptors (Lipinski definition) is 3. The van der Waals surface area contributed by atoms with Crippen molar-refractivity contribution in [3.8, 4) is 5.75 Å². The summed E-state index contributed by atoms with van der Waals surface area (Å²) in [5.41, 5.74) is 0.954. The highest BCUT2D eigenvalue weighted by Crippen LogP contribution is 2.20. The Bertz CT molecular complexity index is 377. The third-order valence-electron chi connectivity index (χ3n) is 2.63. The minimum absolute atomic E-state index is 0.485. The lowest BCUT2D eigenvalue weighted by Gasteiger charge is -2.27. The molecule has 1 aliphatic rings. The van der Waals surface area contributed by atoms with Gasteiger partial charge in [0.2, 0.25) is 0 Å². The second kappa shape index (κ2) is 5.32. The predicted octanol–water partition coefficient (Wildman–Crippen LogP) is 2.20. The van der Waals surface area contributed by atoms with Crippen molar-refractivity contribution in [2.45, 2.75) is 18.9 Å². The van der Waals surface area contributed by atoms with E-state index in [9.17, 15) is 0 Å². The van der Waals surface area contributed by atoms with E-state index < -0.39 is 0 Å². The molecule has 1 aliphatic heterocycles. The van der Waals surface area contributed by atoms with E-state index in [0.29, 0.717) is 24.2 Å². The van der Waals surface area contributed by atoms with Crippen LogP contribution in [0.15, 0.2) is 24.9 Å². The average Bonchev–Trinajstić information content (AvgIpc) is 2.21. The van der Waals surface area contributed by atoms with E-state index in [1.54, 1.807) is 12.3 Å². The summed E-state index contributed by atoms with van der Waals surface area (Å²) in [5, 5.41) is 3.80. The fraction of sp³-hybridized carbons (Fsp3) is 0.417. The molecule has 4 heteroatoms. The fourth-order valence-corrected chi connectivity index (χ4v) is 1.72. The Kier molecular flexibility index (Phi) is 3.80. The summed E-state index contributed by atoms with van der Waals surface area (Å²) >= 11 is 5.95. The SMILES string of the molecule is C=CCc1cc(OC[C@@H]2CCN2)cnc1Cl. The highest BCUT2D eigenvalue weighted by atomic mass is 35.5. The van der Waals surface area contributed by atoms with E-state index in [2.05, 4.69) is 16.9 Å². The maximum atomic E-state index is 5.95. The van der Waals surface area contributed by atoms with Crippen molar-refractivity contribution in [2.24, 2.45) is 0 Å². The molecule has 0 bridgehead atoms. The maximum Gasteiger partial charge on any atom is 0.138 e. The summed E-state index contributed by atoms with van der Waals surface area (Å²) in [6, 6.07) is 2.41. The van der Waals surface area contributed by atoms with Gasteiger partial charge in [-0.25, -0.2) is 4.98 Å². The molecule has 1 saturated heterocycles. The zero-order chi connectivity index (χ0) is 11.4. The Morgan fingerprint density at radius 1 is 1.69 bits per heavy atom. The van der Waals surface area contributed by atoms with Crippen LogP contribution in [-0.2, 0) is 6.42 Å². The van der Waals surface area contributed by atoms with Crippen LogP contribution in [0.25, 0.3) is 0 Å². The van der Waals surface area contributed by atoms with Crippen LogP contribution in [0.3, 0.4) is 0 Å². The lowest BCUT2D eigenvalue weighted by atomic mass is 10.1. The van der Waals surface area contributed by atoms with Crippen molar-refractivity contribution >= 4 is 11.6 Å². The van der Waals surface area contributed by atoms with Crippen molar-refractivity contribution in [2.75, 3.05) is 13.2 Å². The molecule has 1 aromatic rings. The molecule has 3 nitrogen and oxygen atoms in total. The second-order valence-corrected chi connectivity index (χ2v) is 4.22. The fourth-order valence-electron chi connectivity index (χ4n) is 1.54. The van der Waals surface area contributed by atoms with Gasteiger partial charge in [-0.05, 0) is 31.0 Å². The van der Waals surface area contributed by atoms with Crippen molar-refractivity contribution < 1.29 is 4.74 Å². The molecule has 0 aliphatic carbocycles. The van der Waals surface area contributed by atoms with Gasteiger partial charge >= 0.3 is 0 Å². The van der Waals surface area contributed by atoms with Gasteiger partial charge in [0.25, 0.3) is 0 Å². The molecular formula is C12H15ClN2O. The summed E-state index contributed by atoms with van der Waals surface area (Å²) < 4.78 is 5.63. The Labute approximate surface area is 100 Å². The van der Waals surface area contributed by atoms with Crippen LogP contribution in [-0.4, -0.2) is 24.2 Å². The molecule has 0 radical (unpaired) electrons. The zero-order valence-electron chi connectivity index (χ0n) is 9.08. The van der Waals surface area contributed by atoms with Crippen LogP contribution in [0.5, 0.6) is 5.75 Å². The summed E-state index contributed by atoms with van der Waals surface area (Å²) in [5.74, 6) is 0.773. The van der Waals surface area contributed by atoms with Crippen LogP contribution in [0.1, 0.15) is 12.0 Å². The highest BCUT2D eigenvalue weighted by Gasteiger charge is 2.16. The van der Waals surface area contributed by atoms with Crippen LogP contribution in [0.4, 0.5) is 0 Å². The van der Waals surface area contributed by atoms with E-state index in [4.69, 9.17) is 16.3 Å². The number of pyridine rings is 1. The number of aromatic nitrogens is 1. The standard InChI is InChI=1S/C12H15ClN2O/c1-2-3-9-6-11(7-15-12(9)13)16-8-10-4-5-14-10/h2,6-7,10,14H,1,3-5,8H2/t10-/m0/s1. The molecule has 1 N–H and O–H groups in total. The molecule has 0 aromatic carbocycles. The third-order valence-corrected chi connectivity index (χ3v) is 2.97. The summed E-state index contributed by atoms with van der Waals surface area (Å²) in [6.07, 6.45) is 5.36. The quantitative estimate of drug-likeness (QED) is 0.631. The van der Waals surface area contributed by atoms with Crippen LogP contribution < -0.4 is 10.1 Å². The topological polar surface area (TPSA) is 34.1 Å². The molecule has 1 fully saturated rings. The van der Waals surface area contributed by atoms with Gasteiger partial charge in [-0.2, -0.15) is 0 Å². The molecule has 0 saturated carbocycles. The summed E-state index contributed by atoms with van der Waals surface area (Å²) in [4.78, 5) is 4.09.